The van der Waals surface area contributed by atoms with Crippen LogP contribution in [0.4, 0.5) is 0 Å². The number of methoxy groups -OCH3 is 1. The van der Waals surface area contributed by atoms with Crippen LogP contribution < -0.4 is 15.4 Å². The number of β-amino-alcohol motifs (C(OH)–C–C–N with tert-alkyl or cyclic N) is 1. The molecule has 3 N–H and O–H groups in total. The Bertz CT molecular complexity index is 442. The highest BCUT2D eigenvalue weighted by molar-refractivity contribution is 5.85. The van der Waals surface area contributed by atoms with Gasteiger partial charge in [0.15, 0.2) is 0 Å². The van der Waals surface area contributed by atoms with Crippen LogP contribution in [0.1, 0.15) is 12.0 Å². The lowest BCUT2D eigenvalue weighted by Crippen LogP contribution is -2.41. The van der Waals surface area contributed by atoms with E-state index in [4.69, 9.17) is 4.74 Å². The second-order valence-corrected chi connectivity index (χ2v) is 4.74. The first kappa shape index (κ1) is 16.8. The van der Waals surface area contributed by atoms with Crippen molar-refractivity contribution < 1.29 is 14.6 Å². The number of rotatable bonds is 5. The van der Waals surface area contributed by atoms with E-state index < -0.39 is 6.10 Å². The molecule has 0 bridgehead atoms. The van der Waals surface area contributed by atoms with E-state index in [1.165, 1.54) is 0 Å². The van der Waals surface area contributed by atoms with Crippen LogP contribution in [0, 0.1) is 0 Å². The van der Waals surface area contributed by atoms with Gasteiger partial charge in [-0.05, 0) is 30.5 Å². The molecule has 0 saturated carbocycles. The Kier molecular flexibility index (Phi) is 6.78. The van der Waals surface area contributed by atoms with Gasteiger partial charge >= 0.3 is 0 Å². The van der Waals surface area contributed by atoms with Crippen molar-refractivity contribution in [2.75, 3.05) is 20.2 Å². The van der Waals surface area contributed by atoms with Crippen LogP contribution in [0.2, 0.25) is 0 Å². The summed E-state index contributed by atoms with van der Waals surface area (Å²) in [5.41, 5.74) is 1.12. The third-order valence-corrected chi connectivity index (χ3v) is 3.27. The van der Waals surface area contributed by atoms with Gasteiger partial charge in [0, 0.05) is 13.1 Å². The maximum atomic E-state index is 11.8. The molecule has 0 aromatic heterocycles. The van der Waals surface area contributed by atoms with Crippen LogP contribution in [0.15, 0.2) is 24.3 Å². The quantitative estimate of drug-likeness (QED) is 0.740. The molecule has 5 nitrogen and oxygen atoms in total. The number of aliphatic hydroxyl groups excluding tert-OH is 1. The number of hydrogen-bond donors (Lipinski definition) is 3. The zero-order valence-corrected chi connectivity index (χ0v) is 12.3. The summed E-state index contributed by atoms with van der Waals surface area (Å²) in [4.78, 5) is 11.8. The van der Waals surface area contributed by atoms with Gasteiger partial charge in [-0.3, -0.25) is 4.79 Å². The minimum atomic E-state index is -0.408. The third kappa shape index (κ3) is 4.67. The lowest BCUT2D eigenvalue weighted by Gasteiger charge is -2.11. The maximum Gasteiger partial charge on any atom is 0.237 e. The molecule has 1 aromatic rings. The van der Waals surface area contributed by atoms with Crippen molar-refractivity contribution in [1.29, 1.82) is 0 Å². The maximum absolute atomic E-state index is 11.8. The van der Waals surface area contributed by atoms with Gasteiger partial charge in [-0.25, -0.2) is 0 Å². The Balaban J connectivity index is 0.00000200. The molecule has 1 aliphatic heterocycles. The first-order valence-corrected chi connectivity index (χ1v) is 6.51. The van der Waals surface area contributed by atoms with Crippen molar-refractivity contribution in [2.24, 2.45) is 0 Å². The van der Waals surface area contributed by atoms with E-state index in [0.717, 1.165) is 17.7 Å². The molecule has 1 aromatic carbocycles. The SMILES string of the molecule is COc1cccc(CCNC(=O)C2CC(O)CN2)c1.Cl. The van der Waals surface area contributed by atoms with Crippen molar-refractivity contribution in [3.05, 3.63) is 29.8 Å². The molecule has 1 fully saturated rings. The van der Waals surface area contributed by atoms with Gasteiger partial charge < -0.3 is 20.5 Å². The summed E-state index contributed by atoms with van der Waals surface area (Å²) in [6, 6.07) is 7.53. The normalized spacial score (nSPS) is 21.1. The van der Waals surface area contributed by atoms with Crippen LogP contribution in [-0.2, 0) is 11.2 Å². The van der Waals surface area contributed by atoms with E-state index in [9.17, 15) is 9.90 Å². The molecule has 1 aliphatic rings. The number of aliphatic hydroxyl groups is 1. The number of ether oxygens (including phenoxy) is 1. The monoisotopic (exact) mass is 300 g/mol. The zero-order chi connectivity index (χ0) is 13.7. The van der Waals surface area contributed by atoms with Crippen molar-refractivity contribution in [1.82, 2.24) is 10.6 Å². The first-order chi connectivity index (χ1) is 9.19. The van der Waals surface area contributed by atoms with Crippen LogP contribution >= 0.6 is 12.4 Å². The average Bonchev–Trinajstić information content (AvgIpc) is 2.86. The fourth-order valence-electron chi connectivity index (χ4n) is 2.20. The molecular formula is C14H21ClN2O3. The van der Waals surface area contributed by atoms with E-state index in [1.807, 2.05) is 24.3 Å². The topological polar surface area (TPSA) is 70.6 Å². The van der Waals surface area contributed by atoms with E-state index in [0.29, 0.717) is 19.5 Å². The fraction of sp³-hybridized carbons (Fsp3) is 0.500. The number of amides is 1. The molecule has 112 valence electrons. The summed E-state index contributed by atoms with van der Waals surface area (Å²) >= 11 is 0. The van der Waals surface area contributed by atoms with Gasteiger partial charge in [0.1, 0.15) is 5.75 Å². The number of nitrogens with one attached hydrogen (secondary N) is 2. The second-order valence-electron chi connectivity index (χ2n) is 4.74. The minimum Gasteiger partial charge on any atom is -0.497 e. The largest absolute Gasteiger partial charge is 0.497 e. The Morgan fingerprint density at radius 3 is 3.00 bits per heavy atom. The summed E-state index contributed by atoms with van der Waals surface area (Å²) in [7, 11) is 1.64. The van der Waals surface area contributed by atoms with Crippen molar-refractivity contribution in [3.8, 4) is 5.75 Å². The van der Waals surface area contributed by atoms with Crippen molar-refractivity contribution >= 4 is 18.3 Å². The summed E-state index contributed by atoms with van der Waals surface area (Å²) in [6.45, 7) is 1.08. The molecule has 0 spiro atoms. The fourth-order valence-corrected chi connectivity index (χ4v) is 2.20. The molecular weight excluding hydrogens is 280 g/mol. The number of hydrogen-bond acceptors (Lipinski definition) is 4. The van der Waals surface area contributed by atoms with Gasteiger partial charge in [0.05, 0.1) is 19.3 Å². The predicted molar refractivity (Wildman–Crippen MR) is 79.4 cm³/mol. The molecule has 2 unspecified atom stereocenters. The van der Waals surface area contributed by atoms with Gasteiger partial charge in [0.25, 0.3) is 0 Å². The molecule has 6 heteroatoms. The Morgan fingerprint density at radius 1 is 1.55 bits per heavy atom. The van der Waals surface area contributed by atoms with Crippen LogP contribution in [0.5, 0.6) is 5.75 Å². The van der Waals surface area contributed by atoms with E-state index in [2.05, 4.69) is 10.6 Å². The minimum absolute atomic E-state index is 0. The molecule has 1 amide bonds. The van der Waals surface area contributed by atoms with Crippen molar-refractivity contribution in [2.45, 2.75) is 25.0 Å². The van der Waals surface area contributed by atoms with E-state index in [-0.39, 0.29) is 24.4 Å². The standard InChI is InChI=1S/C14H20N2O3.ClH/c1-19-12-4-2-3-10(7-12)5-6-15-14(18)13-8-11(17)9-16-13;/h2-4,7,11,13,16-17H,5-6,8-9H2,1H3,(H,15,18);1H. The van der Waals surface area contributed by atoms with Gasteiger partial charge in [0.2, 0.25) is 5.91 Å². The zero-order valence-electron chi connectivity index (χ0n) is 11.5. The lowest BCUT2D eigenvalue weighted by molar-refractivity contribution is -0.122. The highest BCUT2D eigenvalue weighted by atomic mass is 35.5. The Labute approximate surface area is 125 Å². The van der Waals surface area contributed by atoms with Gasteiger partial charge in [-0.2, -0.15) is 0 Å². The van der Waals surface area contributed by atoms with Gasteiger partial charge in [-0.15, -0.1) is 12.4 Å². The Hall–Kier alpha value is -1.30. The number of carbonyl (C=O) groups excluding carboxylic acids is 1. The number of halogens is 1. The summed E-state index contributed by atoms with van der Waals surface area (Å²) in [5.74, 6) is 0.781. The van der Waals surface area contributed by atoms with E-state index >= 15 is 0 Å². The molecule has 1 saturated heterocycles. The highest BCUT2D eigenvalue weighted by Crippen LogP contribution is 2.12. The van der Waals surface area contributed by atoms with Crippen LogP contribution in [0.3, 0.4) is 0 Å². The summed E-state index contributed by atoms with van der Waals surface area (Å²) < 4.78 is 5.15. The van der Waals surface area contributed by atoms with Crippen molar-refractivity contribution in [3.63, 3.8) is 0 Å². The molecule has 2 atom stereocenters. The second kappa shape index (κ2) is 8.09. The summed E-state index contributed by atoms with van der Waals surface area (Å²) in [6.07, 6.45) is 0.845. The lowest BCUT2D eigenvalue weighted by atomic mass is 10.1. The third-order valence-electron chi connectivity index (χ3n) is 3.27. The average molecular weight is 301 g/mol. The molecule has 20 heavy (non-hydrogen) atoms. The molecule has 0 aliphatic carbocycles. The first-order valence-electron chi connectivity index (χ1n) is 6.51. The Morgan fingerprint density at radius 2 is 2.35 bits per heavy atom. The molecule has 2 rings (SSSR count). The van der Waals surface area contributed by atoms with Crippen LogP contribution in [0.25, 0.3) is 0 Å². The van der Waals surface area contributed by atoms with Crippen LogP contribution in [-0.4, -0.2) is 43.4 Å². The van der Waals surface area contributed by atoms with E-state index in [1.54, 1.807) is 7.11 Å². The van der Waals surface area contributed by atoms with Gasteiger partial charge in [-0.1, -0.05) is 12.1 Å². The summed E-state index contributed by atoms with van der Waals surface area (Å²) in [5, 5.41) is 15.2. The highest BCUT2D eigenvalue weighted by Gasteiger charge is 2.27. The number of benzene rings is 1. The predicted octanol–water partition coefficient (Wildman–Crippen LogP) is 0.499. The smallest absolute Gasteiger partial charge is 0.237 e. The molecule has 0 radical (unpaired) electrons. The number of carbonyl (C=O) groups is 1. The molecule has 1 heterocycles.